The predicted octanol–water partition coefficient (Wildman–Crippen LogP) is 7.43. The van der Waals surface area contributed by atoms with Gasteiger partial charge in [0.1, 0.15) is 0 Å². The molecule has 2 heterocycles. The molecule has 0 spiro atoms. The number of hydrogen-bond donors (Lipinski definition) is 2. The molecule has 2 aromatic carbocycles. The summed E-state index contributed by atoms with van der Waals surface area (Å²) in [6.07, 6.45) is 8.22. The lowest BCUT2D eigenvalue weighted by Crippen LogP contribution is -2.14. The Hall–Kier alpha value is -2.74. The Morgan fingerprint density at radius 2 is 1.29 bits per heavy atom. The Morgan fingerprint density at radius 3 is 1.82 bits per heavy atom. The summed E-state index contributed by atoms with van der Waals surface area (Å²) in [5, 5.41) is 2.63. The SMILES string of the molecule is CC(C)(C)c1ccc2c(-c3cc[nH]c3)c(C(C)(C)C)cc(-c3cc[nH]c3)c2c1. The summed E-state index contributed by atoms with van der Waals surface area (Å²) in [5.74, 6) is 0. The maximum atomic E-state index is 3.24. The Morgan fingerprint density at radius 1 is 0.643 bits per heavy atom. The number of rotatable bonds is 2. The minimum atomic E-state index is 0.0363. The molecule has 0 saturated heterocycles. The summed E-state index contributed by atoms with van der Waals surface area (Å²) in [6, 6.07) is 13.8. The fourth-order valence-corrected chi connectivity index (χ4v) is 4.00. The first kappa shape index (κ1) is 18.6. The molecule has 0 atom stereocenters. The summed E-state index contributed by atoms with van der Waals surface area (Å²) in [4.78, 5) is 6.48. The molecule has 2 heteroatoms. The van der Waals surface area contributed by atoms with E-state index in [1.54, 1.807) is 0 Å². The molecule has 0 radical (unpaired) electrons. The van der Waals surface area contributed by atoms with Crippen LogP contribution in [0.4, 0.5) is 0 Å². The molecule has 28 heavy (non-hydrogen) atoms. The number of benzene rings is 2. The van der Waals surface area contributed by atoms with Crippen LogP contribution in [0.25, 0.3) is 33.0 Å². The summed E-state index contributed by atoms with van der Waals surface area (Å²) in [7, 11) is 0. The third-order valence-corrected chi connectivity index (χ3v) is 5.61. The number of aromatic amines is 2. The molecule has 0 aliphatic heterocycles. The Kier molecular flexibility index (Phi) is 4.26. The van der Waals surface area contributed by atoms with Gasteiger partial charge in [-0.15, -0.1) is 0 Å². The van der Waals surface area contributed by atoms with E-state index in [9.17, 15) is 0 Å². The topological polar surface area (TPSA) is 31.6 Å². The van der Waals surface area contributed by atoms with Crippen LogP contribution in [-0.2, 0) is 10.8 Å². The summed E-state index contributed by atoms with van der Waals surface area (Å²) in [6.45, 7) is 13.7. The van der Waals surface area contributed by atoms with E-state index in [-0.39, 0.29) is 10.8 Å². The summed E-state index contributed by atoms with van der Waals surface area (Å²) < 4.78 is 0. The van der Waals surface area contributed by atoms with Crippen molar-refractivity contribution < 1.29 is 0 Å². The maximum Gasteiger partial charge on any atom is 0.00844 e. The van der Waals surface area contributed by atoms with E-state index < -0.39 is 0 Å². The highest BCUT2D eigenvalue weighted by Crippen LogP contribution is 2.44. The lowest BCUT2D eigenvalue weighted by atomic mass is 9.77. The van der Waals surface area contributed by atoms with Crippen LogP contribution in [0, 0.1) is 0 Å². The van der Waals surface area contributed by atoms with Gasteiger partial charge in [-0.1, -0.05) is 53.7 Å². The van der Waals surface area contributed by atoms with Crippen molar-refractivity contribution in [3.8, 4) is 22.3 Å². The molecule has 144 valence electrons. The zero-order valence-corrected chi connectivity index (χ0v) is 17.8. The Labute approximate surface area is 168 Å². The second-order valence-electron chi connectivity index (χ2n) is 9.81. The van der Waals surface area contributed by atoms with Gasteiger partial charge in [0.05, 0.1) is 0 Å². The highest BCUT2D eigenvalue weighted by molar-refractivity contribution is 6.07. The molecule has 0 bridgehead atoms. The zero-order chi connectivity index (χ0) is 20.1. The van der Waals surface area contributed by atoms with Gasteiger partial charge in [-0.3, -0.25) is 0 Å². The average Bonchev–Trinajstić information content (AvgIpc) is 3.32. The second kappa shape index (κ2) is 6.41. The van der Waals surface area contributed by atoms with Gasteiger partial charge in [0.25, 0.3) is 0 Å². The van der Waals surface area contributed by atoms with Crippen LogP contribution in [0.5, 0.6) is 0 Å². The third-order valence-electron chi connectivity index (χ3n) is 5.61. The molecule has 0 saturated carbocycles. The fourth-order valence-electron chi connectivity index (χ4n) is 4.00. The van der Waals surface area contributed by atoms with E-state index in [0.29, 0.717) is 0 Å². The van der Waals surface area contributed by atoms with E-state index in [2.05, 4.69) is 100 Å². The number of aromatic nitrogens is 2. The van der Waals surface area contributed by atoms with Gasteiger partial charge in [-0.25, -0.2) is 0 Å². The molecule has 4 aromatic rings. The molecule has 0 fully saturated rings. The monoisotopic (exact) mass is 370 g/mol. The Bertz CT molecular complexity index is 1100. The molecule has 2 aromatic heterocycles. The van der Waals surface area contributed by atoms with E-state index in [4.69, 9.17) is 0 Å². The third kappa shape index (κ3) is 3.17. The van der Waals surface area contributed by atoms with Gasteiger partial charge >= 0.3 is 0 Å². The van der Waals surface area contributed by atoms with Crippen molar-refractivity contribution in [2.75, 3.05) is 0 Å². The highest BCUT2D eigenvalue weighted by atomic mass is 14.6. The molecule has 0 amide bonds. The second-order valence-corrected chi connectivity index (χ2v) is 9.81. The van der Waals surface area contributed by atoms with Crippen molar-refractivity contribution in [3.63, 3.8) is 0 Å². The summed E-state index contributed by atoms with van der Waals surface area (Å²) >= 11 is 0. The van der Waals surface area contributed by atoms with Crippen LogP contribution in [0.15, 0.2) is 61.2 Å². The molecule has 4 rings (SSSR count). The molecule has 0 unspecified atom stereocenters. The van der Waals surface area contributed by atoms with E-state index in [1.807, 2.05) is 12.4 Å². The zero-order valence-electron chi connectivity index (χ0n) is 17.8. The van der Waals surface area contributed by atoms with Crippen molar-refractivity contribution in [2.24, 2.45) is 0 Å². The fraction of sp³-hybridized carbons (Fsp3) is 0.308. The van der Waals surface area contributed by atoms with Crippen molar-refractivity contribution in [1.29, 1.82) is 0 Å². The van der Waals surface area contributed by atoms with Crippen molar-refractivity contribution in [1.82, 2.24) is 9.97 Å². The van der Waals surface area contributed by atoms with Crippen LogP contribution < -0.4 is 0 Å². The molecular weight excluding hydrogens is 340 g/mol. The summed E-state index contributed by atoms with van der Waals surface area (Å²) in [5.41, 5.74) is 8.01. The molecule has 0 aliphatic carbocycles. The maximum absolute atomic E-state index is 3.24. The standard InChI is InChI=1S/C26H30N2/c1-25(2,3)19-7-8-20-22(13-19)21(17-9-11-27-15-17)14-23(26(4,5)6)24(20)18-10-12-28-16-18/h7-16,27-28H,1-6H3. The number of hydrogen-bond acceptors (Lipinski definition) is 0. The lowest BCUT2D eigenvalue weighted by Gasteiger charge is -2.27. The quantitative estimate of drug-likeness (QED) is 0.368. The van der Waals surface area contributed by atoms with Gasteiger partial charge in [0.2, 0.25) is 0 Å². The van der Waals surface area contributed by atoms with Crippen molar-refractivity contribution >= 4 is 10.8 Å². The van der Waals surface area contributed by atoms with Gasteiger partial charge in [-0.2, -0.15) is 0 Å². The highest BCUT2D eigenvalue weighted by Gasteiger charge is 2.24. The minimum absolute atomic E-state index is 0.0363. The molecular formula is C26H30N2. The van der Waals surface area contributed by atoms with E-state index in [1.165, 1.54) is 44.2 Å². The van der Waals surface area contributed by atoms with Crippen molar-refractivity contribution in [2.45, 2.75) is 52.4 Å². The largest absolute Gasteiger partial charge is 0.367 e. The van der Waals surface area contributed by atoms with Crippen molar-refractivity contribution in [3.05, 3.63) is 72.3 Å². The van der Waals surface area contributed by atoms with Gasteiger partial charge in [0, 0.05) is 30.4 Å². The number of fused-ring (bicyclic) bond motifs is 1. The van der Waals surface area contributed by atoms with E-state index in [0.717, 1.165) is 0 Å². The predicted molar refractivity (Wildman–Crippen MR) is 121 cm³/mol. The lowest BCUT2D eigenvalue weighted by molar-refractivity contribution is 0.590. The smallest absolute Gasteiger partial charge is 0.00844 e. The normalized spacial score (nSPS) is 12.6. The first-order valence-corrected chi connectivity index (χ1v) is 10.0. The van der Waals surface area contributed by atoms with Crippen LogP contribution in [-0.4, -0.2) is 9.97 Å². The van der Waals surface area contributed by atoms with Crippen LogP contribution in [0.1, 0.15) is 52.7 Å². The van der Waals surface area contributed by atoms with Gasteiger partial charge in [0.15, 0.2) is 0 Å². The minimum Gasteiger partial charge on any atom is -0.367 e. The Balaban J connectivity index is 2.17. The van der Waals surface area contributed by atoms with Crippen LogP contribution in [0.2, 0.25) is 0 Å². The molecule has 2 nitrogen and oxygen atoms in total. The first-order chi connectivity index (χ1) is 13.2. The number of H-pyrrole nitrogens is 2. The first-order valence-electron chi connectivity index (χ1n) is 10.0. The van der Waals surface area contributed by atoms with E-state index >= 15 is 0 Å². The average molecular weight is 371 g/mol. The molecule has 0 aliphatic rings. The van der Waals surface area contributed by atoms with Gasteiger partial charge < -0.3 is 9.97 Å². The molecule has 2 N–H and O–H groups in total. The number of nitrogens with one attached hydrogen (secondary N) is 2. The van der Waals surface area contributed by atoms with Crippen LogP contribution >= 0.6 is 0 Å². The van der Waals surface area contributed by atoms with Crippen LogP contribution in [0.3, 0.4) is 0 Å². The van der Waals surface area contributed by atoms with Gasteiger partial charge in [-0.05, 0) is 73.7 Å².